The van der Waals surface area contributed by atoms with Gasteiger partial charge < -0.3 is 9.80 Å². The van der Waals surface area contributed by atoms with E-state index in [1.54, 1.807) is 0 Å². The molecule has 1 saturated heterocycles. The fourth-order valence-electron chi connectivity index (χ4n) is 2.43. The Balaban J connectivity index is 1.64. The van der Waals surface area contributed by atoms with Gasteiger partial charge in [0.05, 0.1) is 4.88 Å². The minimum Gasteiger partial charge on any atom is -0.368 e. The van der Waals surface area contributed by atoms with Gasteiger partial charge >= 0.3 is 0 Å². The molecule has 0 atom stereocenters. The van der Waals surface area contributed by atoms with Crippen molar-refractivity contribution in [3.8, 4) is 0 Å². The molecule has 0 N–H and O–H groups in total. The number of amides is 1. The third-order valence-corrected chi connectivity index (χ3v) is 5.12. The zero-order valence-corrected chi connectivity index (χ0v) is 13.8. The summed E-state index contributed by atoms with van der Waals surface area (Å²) in [7, 11) is 0. The molecular weight excluding hydrogens is 324 g/mol. The van der Waals surface area contributed by atoms with Crippen LogP contribution in [0.5, 0.6) is 0 Å². The highest BCUT2D eigenvalue weighted by Gasteiger charge is 2.23. The minimum atomic E-state index is 0.103. The first-order valence-corrected chi connectivity index (χ1v) is 8.41. The van der Waals surface area contributed by atoms with Crippen LogP contribution in [0.15, 0.2) is 40.6 Å². The van der Waals surface area contributed by atoms with Gasteiger partial charge in [0, 0.05) is 47.2 Å². The van der Waals surface area contributed by atoms with E-state index >= 15 is 0 Å². The third kappa shape index (κ3) is 3.36. The molecule has 1 aliphatic rings. The van der Waals surface area contributed by atoms with Gasteiger partial charge in [-0.25, -0.2) is 0 Å². The molecule has 21 heavy (non-hydrogen) atoms. The summed E-state index contributed by atoms with van der Waals surface area (Å²) >= 11 is 11.7. The molecule has 0 spiro atoms. The maximum absolute atomic E-state index is 12.4. The molecule has 3 nitrogen and oxygen atoms in total. The van der Waals surface area contributed by atoms with Crippen molar-refractivity contribution in [3.63, 3.8) is 0 Å². The van der Waals surface area contributed by atoms with E-state index < -0.39 is 0 Å². The summed E-state index contributed by atoms with van der Waals surface area (Å²) in [6.07, 6.45) is 0. The minimum absolute atomic E-state index is 0.103. The number of anilines is 1. The molecule has 1 fully saturated rings. The Kier molecular flexibility index (Phi) is 4.42. The summed E-state index contributed by atoms with van der Waals surface area (Å²) in [5.74, 6) is 0.103. The summed E-state index contributed by atoms with van der Waals surface area (Å²) in [6.45, 7) is 3.10. The Hall–Kier alpha value is -1.17. The van der Waals surface area contributed by atoms with Crippen molar-refractivity contribution in [2.75, 3.05) is 31.1 Å². The number of piperazine rings is 1. The third-order valence-electron chi connectivity index (χ3n) is 3.54. The first kappa shape index (κ1) is 14.8. The van der Waals surface area contributed by atoms with Crippen LogP contribution >= 0.6 is 35.6 Å². The van der Waals surface area contributed by atoms with Gasteiger partial charge in [0.2, 0.25) is 0 Å². The first-order valence-electron chi connectivity index (χ1n) is 6.71. The van der Waals surface area contributed by atoms with E-state index in [1.165, 1.54) is 11.3 Å². The molecule has 0 aliphatic carbocycles. The highest BCUT2D eigenvalue weighted by Crippen LogP contribution is 2.23. The second-order valence-electron chi connectivity index (χ2n) is 4.93. The zero-order valence-electron chi connectivity index (χ0n) is 11.3. The van der Waals surface area contributed by atoms with Crippen LogP contribution in [-0.4, -0.2) is 37.0 Å². The summed E-state index contributed by atoms with van der Waals surface area (Å²) < 4.78 is 0. The quantitative estimate of drug-likeness (QED) is 0.845. The Morgan fingerprint density at radius 3 is 2.57 bits per heavy atom. The van der Waals surface area contributed by atoms with E-state index in [-0.39, 0.29) is 5.91 Å². The zero-order chi connectivity index (χ0) is 14.8. The van der Waals surface area contributed by atoms with Gasteiger partial charge in [-0.1, -0.05) is 17.7 Å². The van der Waals surface area contributed by atoms with Gasteiger partial charge in [-0.3, -0.25) is 4.79 Å². The van der Waals surface area contributed by atoms with Crippen LogP contribution in [0, 0.1) is 0 Å². The normalized spacial score (nSPS) is 15.3. The largest absolute Gasteiger partial charge is 0.368 e. The molecule has 0 unspecified atom stereocenters. The van der Waals surface area contributed by atoms with Crippen molar-refractivity contribution in [1.82, 2.24) is 4.90 Å². The Morgan fingerprint density at radius 1 is 1.19 bits per heavy atom. The lowest BCUT2D eigenvalue weighted by Gasteiger charge is -2.36. The maximum Gasteiger partial charge on any atom is 0.264 e. The molecule has 2 heterocycles. The van der Waals surface area contributed by atoms with Crippen molar-refractivity contribution >= 4 is 47.2 Å². The predicted octanol–water partition coefficient (Wildman–Crippen LogP) is 3.65. The van der Waals surface area contributed by atoms with Gasteiger partial charge in [0.15, 0.2) is 0 Å². The van der Waals surface area contributed by atoms with Crippen LogP contribution < -0.4 is 4.90 Å². The SMILES string of the molecule is O=C(c1cc(S)cs1)N1CCN(c2cccc(Cl)c2)CC1. The lowest BCUT2D eigenvalue weighted by molar-refractivity contribution is 0.0751. The summed E-state index contributed by atoms with van der Waals surface area (Å²) in [5, 5.41) is 2.63. The number of hydrogen-bond acceptors (Lipinski definition) is 4. The van der Waals surface area contributed by atoms with E-state index in [0.717, 1.165) is 46.7 Å². The molecule has 1 amide bonds. The van der Waals surface area contributed by atoms with E-state index in [1.807, 2.05) is 34.5 Å². The summed E-state index contributed by atoms with van der Waals surface area (Å²) in [5.41, 5.74) is 1.11. The number of hydrogen-bond donors (Lipinski definition) is 1. The number of rotatable bonds is 2. The van der Waals surface area contributed by atoms with Gasteiger partial charge in [-0.05, 0) is 24.3 Å². The first-order chi connectivity index (χ1) is 10.1. The number of benzene rings is 1. The smallest absolute Gasteiger partial charge is 0.264 e. The number of carbonyl (C=O) groups excluding carboxylic acids is 1. The van der Waals surface area contributed by atoms with Crippen LogP contribution in [0.4, 0.5) is 5.69 Å². The topological polar surface area (TPSA) is 23.6 Å². The van der Waals surface area contributed by atoms with Crippen LogP contribution in [0.1, 0.15) is 9.67 Å². The van der Waals surface area contributed by atoms with Crippen molar-refractivity contribution in [2.24, 2.45) is 0 Å². The Labute approximate surface area is 138 Å². The Morgan fingerprint density at radius 2 is 1.95 bits per heavy atom. The van der Waals surface area contributed by atoms with Crippen molar-refractivity contribution in [2.45, 2.75) is 4.90 Å². The highest BCUT2D eigenvalue weighted by molar-refractivity contribution is 7.80. The van der Waals surface area contributed by atoms with Gasteiger partial charge in [-0.15, -0.1) is 24.0 Å². The second kappa shape index (κ2) is 6.30. The summed E-state index contributed by atoms with van der Waals surface area (Å²) in [4.78, 5) is 18.1. The van der Waals surface area contributed by atoms with E-state index in [2.05, 4.69) is 23.6 Å². The number of thiophene rings is 1. The van der Waals surface area contributed by atoms with Gasteiger partial charge in [0.25, 0.3) is 5.91 Å². The molecule has 3 rings (SSSR count). The monoisotopic (exact) mass is 338 g/mol. The fraction of sp³-hybridized carbons (Fsp3) is 0.267. The molecule has 0 saturated carbocycles. The standard InChI is InChI=1S/C15H15ClN2OS2/c16-11-2-1-3-12(8-11)17-4-6-18(7-5-17)15(19)14-9-13(20)10-21-14/h1-3,8-10,20H,4-7H2. The number of carbonyl (C=O) groups is 1. The van der Waals surface area contributed by atoms with Crippen LogP contribution in [0.25, 0.3) is 0 Å². The van der Waals surface area contributed by atoms with Gasteiger partial charge in [0.1, 0.15) is 0 Å². The van der Waals surface area contributed by atoms with E-state index in [0.29, 0.717) is 0 Å². The molecule has 0 radical (unpaired) electrons. The molecule has 1 aromatic carbocycles. The number of nitrogens with zero attached hydrogens (tertiary/aromatic N) is 2. The number of thiol groups is 1. The Bertz CT molecular complexity index is 651. The molecular formula is C15H15ClN2OS2. The van der Waals surface area contributed by atoms with Crippen molar-refractivity contribution in [3.05, 3.63) is 45.6 Å². The molecule has 1 aliphatic heterocycles. The van der Waals surface area contributed by atoms with Crippen LogP contribution in [0.3, 0.4) is 0 Å². The summed E-state index contributed by atoms with van der Waals surface area (Å²) in [6, 6.07) is 9.67. The molecule has 1 aromatic heterocycles. The van der Waals surface area contributed by atoms with Crippen LogP contribution in [0.2, 0.25) is 5.02 Å². The van der Waals surface area contributed by atoms with Crippen molar-refractivity contribution in [1.29, 1.82) is 0 Å². The molecule has 110 valence electrons. The van der Waals surface area contributed by atoms with E-state index in [9.17, 15) is 4.79 Å². The lowest BCUT2D eigenvalue weighted by Crippen LogP contribution is -2.48. The average molecular weight is 339 g/mol. The van der Waals surface area contributed by atoms with Crippen LogP contribution in [-0.2, 0) is 0 Å². The average Bonchev–Trinajstić information content (AvgIpc) is 2.93. The molecule has 0 bridgehead atoms. The van der Waals surface area contributed by atoms with E-state index in [4.69, 9.17) is 11.6 Å². The molecule has 6 heteroatoms. The lowest BCUT2D eigenvalue weighted by atomic mass is 10.2. The van der Waals surface area contributed by atoms with Crippen molar-refractivity contribution < 1.29 is 4.79 Å². The highest BCUT2D eigenvalue weighted by atomic mass is 35.5. The number of halogens is 1. The second-order valence-corrected chi connectivity index (χ2v) is 6.79. The molecule has 2 aromatic rings. The predicted molar refractivity (Wildman–Crippen MR) is 91.1 cm³/mol. The maximum atomic E-state index is 12.4. The fourth-order valence-corrected chi connectivity index (χ4v) is 3.73. The van der Waals surface area contributed by atoms with Gasteiger partial charge in [-0.2, -0.15) is 0 Å².